The number of carboxylic acids is 1. The maximum Gasteiger partial charge on any atom is 0.311 e. The maximum absolute atomic E-state index is 11.1. The maximum atomic E-state index is 11.1. The fraction of sp³-hybridized carbons (Fsp3) is 0.467. The highest BCUT2D eigenvalue weighted by Gasteiger charge is 2.22. The Labute approximate surface area is 118 Å². The van der Waals surface area contributed by atoms with Crippen LogP contribution in [-0.4, -0.2) is 23.6 Å². The van der Waals surface area contributed by atoms with Gasteiger partial charge in [-0.15, -0.1) is 0 Å². The quantitative estimate of drug-likeness (QED) is 0.763. The topological polar surface area (TPSA) is 89.6 Å². The predicted octanol–water partition coefficient (Wildman–Crippen LogP) is 2.16. The summed E-state index contributed by atoms with van der Waals surface area (Å²) in [5, 5.41) is 9.11. The highest BCUT2D eigenvalue weighted by molar-refractivity contribution is 5.84. The van der Waals surface area contributed by atoms with E-state index in [-0.39, 0.29) is 6.42 Å². The van der Waals surface area contributed by atoms with E-state index in [9.17, 15) is 9.59 Å². The number of ether oxygens (including phenoxy) is 1. The Morgan fingerprint density at radius 1 is 1.25 bits per heavy atom. The Bertz CT molecular complexity index is 453. The van der Waals surface area contributed by atoms with Gasteiger partial charge in [-0.1, -0.05) is 26.0 Å². The summed E-state index contributed by atoms with van der Waals surface area (Å²) in [5.41, 5.74) is 5.61. The molecular weight excluding hydrogens is 258 g/mol. The van der Waals surface area contributed by atoms with Crippen molar-refractivity contribution in [3.05, 3.63) is 29.8 Å². The second-order valence-corrected chi connectivity index (χ2v) is 5.16. The Kier molecular flexibility index (Phi) is 6.03. The standard InChI is InChI=1S/C15H21NO4/c1-10(2)7-8-20-12-5-3-11(4-6-12)13(15(18)19)9-14(16)17/h3-6,10,13H,7-9H2,1-2H3,(H2,16,17)(H,18,19)/t13-/m1/s1. The number of rotatable bonds is 8. The number of aliphatic carboxylic acids is 1. The lowest BCUT2D eigenvalue weighted by Crippen LogP contribution is -2.20. The molecular formula is C15H21NO4. The van der Waals surface area contributed by atoms with E-state index in [2.05, 4.69) is 13.8 Å². The minimum absolute atomic E-state index is 0.205. The molecule has 0 aliphatic carbocycles. The van der Waals surface area contributed by atoms with Crippen LogP contribution in [0.5, 0.6) is 5.75 Å². The molecule has 5 heteroatoms. The van der Waals surface area contributed by atoms with Crippen molar-refractivity contribution in [3.63, 3.8) is 0 Å². The fourth-order valence-corrected chi connectivity index (χ4v) is 1.76. The fourth-order valence-electron chi connectivity index (χ4n) is 1.76. The molecule has 110 valence electrons. The average Bonchev–Trinajstić information content (AvgIpc) is 2.36. The van der Waals surface area contributed by atoms with Crippen LogP contribution < -0.4 is 10.5 Å². The summed E-state index contributed by atoms with van der Waals surface area (Å²) >= 11 is 0. The number of carbonyl (C=O) groups excluding carboxylic acids is 1. The van der Waals surface area contributed by atoms with Crippen molar-refractivity contribution in [1.82, 2.24) is 0 Å². The van der Waals surface area contributed by atoms with Crippen LogP contribution in [0.15, 0.2) is 24.3 Å². The minimum atomic E-state index is -1.06. The van der Waals surface area contributed by atoms with E-state index in [1.165, 1.54) is 0 Å². The van der Waals surface area contributed by atoms with Crippen LogP contribution in [0.4, 0.5) is 0 Å². The molecule has 5 nitrogen and oxygen atoms in total. The summed E-state index contributed by atoms with van der Waals surface area (Å²) in [7, 11) is 0. The van der Waals surface area contributed by atoms with Crippen molar-refractivity contribution >= 4 is 11.9 Å². The van der Waals surface area contributed by atoms with Gasteiger partial charge in [-0.25, -0.2) is 0 Å². The van der Waals surface area contributed by atoms with Crippen LogP contribution in [0.25, 0.3) is 0 Å². The molecule has 0 bridgehead atoms. The predicted molar refractivity (Wildman–Crippen MR) is 75.6 cm³/mol. The molecule has 1 aromatic carbocycles. The third-order valence-electron chi connectivity index (χ3n) is 2.95. The van der Waals surface area contributed by atoms with Gasteiger partial charge in [0.05, 0.1) is 12.5 Å². The summed E-state index contributed by atoms with van der Waals surface area (Å²) in [5.74, 6) is -1.33. The molecule has 1 rings (SSSR count). The highest BCUT2D eigenvalue weighted by Crippen LogP contribution is 2.23. The van der Waals surface area contributed by atoms with E-state index in [0.29, 0.717) is 23.8 Å². The molecule has 20 heavy (non-hydrogen) atoms. The second-order valence-electron chi connectivity index (χ2n) is 5.16. The zero-order chi connectivity index (χ0) is 15.1. The lowest BCUT2D eigenvalue weighted by Gasteiger charge is -2.12. The van der Waals surface area contributed by atoms with E-state index in [1.54, 1.807) is 24.3 Å². The first-order valence-corrected chi connectivity index (χ1v) is 6.64. The first-order valence-electron chi connectivity index (χ1n) is 6.64. The molecule has 0 unspecified atom stereocenters. The number of carboxylic acid groups (broad SMARTS) is 1. The van der Waals surface area contributed by atoms with Crippen LogP contribution in [0.2, 0.25) is 0 Å². The third kappa shape index (κ3) is 5.30. The van der Waals surface area contributed by atoms with Crippen molar-refractivity contribution < 1.29 is 19.4 Å². The Balaban J connectivity index is 2.68. The molecule has 1 amide bonds. The molecule has 0 saturated carbocycles. The number of benzene rings is 1. The van der Waals surface area contributed by atoms with Gasteiger partial charge in [-0.2, -0.15) is 0 Å². The van der Waals surface area contributed by atoms with Crippen LogP contribution in [0.3, 0.4) is 0 Å². The van der Waals surface area contributed by atoms with Crippen LogP contribution >= 0.6 is 0 Å². The van der Waals surface area contributed by atoms with Crippen molar-refractivity contribution in [2.24, 2.45) is 11.7 Å². The van der Waals surface area contributed by atoms with Crippen LogP contribution in [0.1, 0.15) is 38.2 Å². The first kappa shape index (κ1) is 16.0. The molecule has 0 fully saturated rings. The molecule has 0 saturated heterocycles. The largest absolute Gasteiger partial charge is 0.494 e. The number of nitrogens with two attached hydrogens (primary N) is 1. The zero-order valence-corrected chi connectivity index (χ0v) is 11.8. The van der Waals surface area contributed by atoms with Gasteiger partial charge in [0.25, 0.3) is 0 Å². The van der Waals surface area contributed by atoms with Gasteiger partial charge in [0.15, 0.2) is 0 Å². The Morgan fingerprint density at radius 3 is 2.30 bits per heavy atom. The van der Waals surface area contributed by atoms with Crippen LogP contribution in [0, 0.1) is 5.92 Å². The normalized spacial score (nSPS) is 12.2. The van der Waals surface area contributed by atoms with Crippen molar-refractivity contribution in [2.75, 3.05) is 6.61 Å². The third-order valence-corrected chi connectivity index (χ3v) is 2.95. The molecule has 3 N–H and O–H groups in total. The van der Waals surface area contributed by atoms with Gasteiger partial charge < -0.3 is 15.6 Å². The Morgan fingerprint density at radius 2 is 1.85 bits per heavy atom. The molecule has 0 spiro atoms. The summed E-state index contributed by atoms with van der Waals surface area (Å²) in [6.45, 7) is 4.86. The SMILES string of the molecule is CC(C)CCOc1ccc([C@@H](CC(N)=O)C(=O)O)cc1. The number of primary amides is 1. The van der Waals surface area contributed by atoms with Gasteiger partial charge in [-0.3, -0.25) is 9.59 Å². The van der Waals surface area contributed by atoms with Crippen molar-refractivity contribution in [2.45, 2.75) is 32.6 Å². The molecule has 0 heterocycles. The second kappa shape index (κ2) is 7.53. The van der Waals surface area contributed by atoms with E-state index in [1.807, 2.05) is 0 Å². The monoisotopic (exact) mass is 279 g/mol. The van der Waals surface area contributed by atoms with E-state index >= 15 is 0 Å². The van der Waals surface area contributed by atoms with Gasteiger partial charge in [-0.05, 0) is 30.0 Å². The number of hydrogen-bond donors (Lipinski definition) is 2. The number of hydrogen-bond acceptors (Lipinski definition) is 3. The lowest BCUT2D eigenvalue weighted by molar-refractivity contribution is -0.140. The van der Waals surface area contributed by atoms with Crippen molar-refractivity contribution in [1.29, 1.82) is 0 Å². The number of carbonyl (C=O) groups is 2. The molecule has 0 aromatic heterocycles. The smallest absolute Gasteiger partial charge is 0.311 e. The lowest BCUT2D eigenvalue weighted by atomic mass is 9.95. The molecule has 1 atom stereocenters. The van der Waals surface area contributed by atoms with Gasteiger partial charge >= 0.3 is 5.97 Å². The minimum Gasteiger partial charge on any atom is -0.494 e. The van der Waals surface area contributed by atoms with Crippen molar-refractivity contribution in [3.8, 4) is 5.75 Å². The summed E-state index contributed by atoms with van der Waals surface area (Å²) < 4.78 is 5.55. The van der Waals surface area contributed by atoms with Gasteiger partial charge in [0, 0.05) is 6.42 Å². The zero-order valence-electron chi connectivity index (χ0n) is 11.8. The van der Waals surface area contributed by atoms with E-state index < -0.39 is 17.8 Å². The summed E-state index contributed by atoms with van der Waals surface area (Å²) in [4.78, 5) is 22.0. The summed E-state index contributed by atoms with van der Waals surface area (Å²) in [6, 6.07) is 6.75. The molecule has 0 aliphatic heterocycles. The molecule has 0 aliphatic rings. The van der Waals surface area contributed by atoms with Gasteiger partial charge in [0.1, 0.15) is 5.75 Å². The Hall–Kier alpha value is -2.04. The highest BCUT2D eigenvalue weighted by atomic mass is 16.5. The number of amides is 1. The van der Waals surface area contributed by atoms with E-state index in [0.717, 1.165) is 6.42 Å². The molecule has 0 radical (unpaired) electrons. The first-order chi connectivity index (χ1) is 9.40. The average molecular weight is 279 g/mol. The van der Waals surface area contributed by atoms with Crippen LogP contribution in [-0.2, 0) is 9.59 Å². The van der Waals surface area contributed by atoms with E-state index in [4.69, 9.17) is 15.6 Å². The van der Waals surface area contributed by atoms with Gasteiger partial charge in [0.2, 0.25) is 5.91 Å². The molecule has 1 aromatic rings. The summed E-state index contributed by atoms with van der Waals surface area (Å²) in [6.07, 6.45) is 0.754.